The lowest BCUT2D eigenvalue weighted by Crippen LogP contribution is -2.18. The van der Waals surface area contributed by atoms with E-state index in [4.69, 9.17) is 23.2 Å². The van der Waals surface area contributed by atoms with Crippen LogP contribution in [0.2, 0.25) is 10.0 Å². The van der Waals surface area contributed by atoms with Gasteiger partial charge in [-0.05, 0) is 48.9 Å². The molecule has 2 amide bonds. The van der Waals surface area contributed by atoms with Crippen LogP contribution in [0.3, 0.4) is 0 Å². The maximum absolute atomic E-state index is 12.4. The van der Waals surface area contributed by atoms with Gasteiger partial charge in [-0.2, -0.15) is 0 Å². The number of aromatic nitrogens is 3. The fourth-order valence-corrected chi connectivity index (χ4v) is 3.88. The summed E-state index contributed by atoms with van der Waals surface area (Å²) in [7, 11) is 0. The topological polar surface area (TPSA) is 88.9 Å². The quantitative estimate of drug-likeness (QED) is 0.326. The smallest absolute Gasteiger partial charge is 0.234 e. The van der Waals surface area contributed by atoms with E-state index in [-0.39, 0.29) is 24.0 Å². The molecule has 1 aromatic heterocycles. The molecule has 1 heterocycles. The van der Waals surface area contributed by atoms with Crippen LogP contribution in [0.4, 0.5) is 11.4 Å². The molecule has 166 valence electrons. The highest BCUT2D eigenvalue weighted by atomic mass is 35.5. The number of rotatable bonds is 9. The summed E-state index contributed by atoms with van der Waals surface area (Å²) in [6, 6.07) is 12.2. The molecular weight excluding hydrogens is 469 g/mol. The third-order valence-electron chi connectivity index (χ3n) is 4.43. The highest BCUT2D eigenvalue weighted by Crippen LogP contribution is 2.24. The molecule has 0 radical (unpaired) electrons. The van der Waals surface area contributed by atoms with Crippen LogP contribution in [0.1, 0.15) is 11.4 Å². The number of carbonyl (C=O) groups excluding carboxylic acids is 2. The van der Waals surface area contributed by atoms with E-state index in [9.17, 15) is 9.59 Å². The molecule has 0 saturated heterocycles. The van der Waals surface area contributed by atoms with E-state index in [2.05, 4.69) is 27.4 Å². The summed E-state index contributed by atoms with van der Waals surface area (Å²) < 4.78 is 1.76. The van der Waals surface area contributed by atoms with Crippen LogP contribution < -0.4 is 10.6 Å². The largest absolute Gasteiger partial charge is 0.326 e. The number of amides is 2. The number of anilines is 2. The molecule has 0 unspecified atom stereocenters. The Kier molecular flexibility index (Phi) is 8.33. The number of benzene rings is 2. The summed E-state index contributed by atoms with van der Waals surface area (Å²) in [5.74, 6) is 0.161. The number of carbonyl (C=O) groups is 2. The van der Waals surface area contributed by atoms with Gasteiger partial charge in [-0.3, -0.25) is 9.59 Å². The summed E-state index contributed by atoms with van der Waals surface area (Å²) in [6.07, 6.45) is 1.71. The molecule has 0 saturated carbocycles. The van der Waals surface area contributed by atoms with Gasteiger partial charge in [0.1, 0.15) is 5.82 Å². The SMILES string of the molecule is C=CCn1c(CC(=O)Nc2ccc(Cl)cc2)nnc1SCC(=O)Nc1cccc(Cl)c1C. The minimum Gasteiger partial charge on any atom is -0.326 e. The van der Waals surface area contributed by atoms with Crippen molar-refractivity contribution in [3.8, 4) is 0 Å². The Morgan fingerprint density at radius 3 is 2.56 bits per heavy atom. The lowest BCUT2D eigenvalue weighted by molar-refractivity contribution is -0.116. The van der Waals surface area contributed by atoms with Gasteiger partial charge >= 0.3 is 0 Å². The highest BCUT2D eigenvalue weighted by molar-refractivity contribution is 7.99. The van der Waals surface area contributed by atoms with E-state index in [1.54, 1.807) is 53.1 Å². The van der Waals surface area contributed by atoms with Crippen molar-refractivity contribution < 1.29 is 9.59 Å². The number of halogens is 2. The Labute approximate surface area is 200 Å². The molecule has 0 spiro atoms. The van der Waals surface area contributed by atoms with Crippen molar-refractivity contribution in [2.45, 2.75) is 25.0 Å². The van der Waals surface area contributed by atoms with Crippen molar-refractivity contribution in [1.29, 1.82) is 0 Å². The van der Waals surface area contributed by atoms with Gasteiger partial charge in [0.05, 0.1) is 12.2 Å². The minimum atomic E-state index is -0.240. The summed E-state index contributed by atoms with van der Waals surface area (Å²) >= 11 is 13.2. The van der Waals surface area contributed by atoms with Crippen LogP contribution in [-0.2, 0) is 22.6 Å². The molecule has 0 aliphatic carbocycles. The van der Waals surface area contributed by atoms with Crippen LogP contribution in [0.25, 0.3) is 0 Å². The summed E-state index contributed by atoms with van der Waals surface area (Å²) in [4.78, 5) is 24.8. The van der Waals surface area contributed by atoms with Crippen molar-refractivity contribution >= 4 is 58.2 Å². The summed E-state index contributed by atoms with van der Waals surface area (Å²) in [5.41, 5.74) is 2.10. The second-order valence-corrected chi connectivity index (χ2v) is 8.57. The molecule has 0 aliphatic rings. The predicted octanol–water partition coefficient (Wildman–Crippen LogP) is 4.99. The lowest BCUT2D eigenvalue weighted by Gasteiger charge is -2.10. The molecule has 32 heavy (non-hydrogen) atoms. The molecule has 2 aromatic carbocycles. The van der Waals surface area contributed by atoms with E-state index in [0.29, 0.717) is 38.9 Å². The van der Waals surface area contributed by atoms with Crippen LogP contribution in [0.5, 0.6) is 0 Å². The molecule has 0 bridgehead atoms. The number of nitrogens with zero attached hydrogens (tertiary/aromatic N) is 3. The zero-order valence-corrected chi connectivity index (χ0v) is 19.6. The molecule has 3 rings (SSSR count). The first-order chi connectivity index (χ1) is 15.4. The standard InChI is InChI=1S/C22H21Cl2N5O2S/c1-3-11-29-19(12-20(30)25-16-9-7-15(23)8-10-16)27-28-22(29)32-13-21(31)26-18-6-4-5-17(24)14(18)2/h3-10H,1,11-13H2,2H3,(H,25,30)(H,26,31). The Morgan fingerprint density at radius 2 is 1.84 bits per heavy atom. The number of nitrogens with one attached hydrogen (secondary N) is 2. The fraction of sp³-hybridized carbons (Fsp3) is 0.182. The Bertz CT molecular complexity index is 1130. The number of hydrogen-bond acceptors (Lipinski definition) is 5. The van der Waals surface area contributed by atoms with Gasteiger partial charge in [0.15, 0.2) is 5.16 Å². The predicted molar refractivity (Wildman–Crippen MR) is 130 cm³/mol. The average Bonchev–Trinajstić information content (AvgIpc) is 3.13. The summed E-state index contributed by atoms with van der Waals surface area (Å²) in [6.45, 7) is 6.00. The van der Waals surface area contributed by atoms with Crippen LogP contribution >= 0.6 is 35.0 Å². The molecule has 10 heteroatoms. The van der Waals surface area contributed by atoms with E-state index in [0.717, 1.165) is 5.56 Å². The third-order valence-corrected chi connectivity index (χ3v) is 6.05. The zero-order chi connectivity index (χ0) is 23.1. The van der Waals surface area contributed by atoms with E-state index < -0.39 is 0 Å². The maximum Gasteiger partial charge on any atom is 0.234 e. The van der Waals surface area contributed by atoms with Crippen LogP contribution in [0.15, 0.2) is 60.3 Å². The highest BCUT2D eigenvalue weighted by Gasteiger charge is 2.17. The molecule has 0 atom stereocenters. The molecule has 0 aliphatic heterocycles. The lowest BCUT2D eigenvalue weighted by atomic mass is 10.2. The Hall–Kier alpha value is -2.81. The van der Waals surface area contributed by atoms with Gasteiger partial charge in [-0.15, -0.1) is 16.8 Å². The normalized spacial score (nSPS) is 10.6. The zero-order valence-electron chi connectivity index (χ0n) is 17.3. The van der Waals surface area contributed by atoms with Gasteiger partial charge in [-0.1, -0.05) is 47.1 Å². The second kappa shape index (κ2) is 11.2. The van der Waals surface area contributed by atoms with Gasteiger partial charge < -0.3 is 15.2 Å². The Balaban J connectivity index is 1.62. The molecule has 0 fully saturated rings. The van der Waals surface area contributed by atoms with Crippen LogP contribution in [-0.4, -0.2) is 32.3 Å². The molecule has 3 aromatic rings. The molecule has 7 nitrogen and oxygen atoms in total. The third kappa shape index (κ3) is 6.35. The summed E-state index contributed by atoms with van der Waals surface area (Å²) in [5, 5.41) is 15.6. The maximum atomic E-state index is 12.4. The van der Waals surface area contributed by atoms with E-state index in [1.807, 2.05) is 6.92 Å². The first kappa shape index (κ1) is 23.8. The molecule has 2 N–H and O–H groups in total. The average molecular weight is 490 g/mol. The number of hydrogen-bond donors (Lipinski definition) is 2. The van der Waals surface area contributed by atoms with Crippen molar-refractivity contribution in [3.05, 3.63) is 76.6 Å². The number of allylic oxidation sites excluding steroid dienone is 1. The monoisotopic (exact) mass is 489 g/mol. The van der Waals surface area contributed by atoms with E-state index in [1.165, 1.54) is 11.8 Å². The van der Waals surface area contributed by atoms with Crippen molar-refractivity contribution in [3.63, 3.8) is 0 Å². The number of thioether (sulfide) groups is 1. The van der Waals surface area contributed by atoms with E-state index >= 15 is 0 Å². The van der Waals surface area contributed by atoms with Gasteiger partial charge in [-0.25, -0.2) is 0 Å². The first-order valence-electron chi connectivity index (χ1n) is 9.63. The van der Waals surface area contributed by atoms with Gasteiger partial charge in [0.2, 0.25) is 11.8 Å². The van der Waals surface area contributed by atoms with Crippen LogP contribution in [0, 0.1) is 6.92 Å². The van der Waals surface area contributed by atoms with Gasteiger partial charge in [0, 0.05) is 28.0 Å². The Morgan fingerprint density at radius 1 is 1.09 bits per heavy atom. The fourth-order valence-electron chi connectivity index (χ4n) is 2.81. The molecular formula is C22H21Cl2N5O2S. The van der Waals surface area contributed by atoms with Crippen molar-refractivity contribution in [2.24, 2.45) is 0 Å². The second-order valence-electron chi connectivity index (χ2n) is 6.78. The minimum absolute atomic E-state index is 0.0257. The van der Waals surface area contributed by atoms with Crippen molar-refractivity contribution in [1.82, 2.24) is 14.8 Å². The first-order valence-corrected chi connectivity index (χ1v) is 11.4. The van der Waals surface area contributed by atoms with Crippen molar-refractivity contribution in [2.75, 3.05) is 16.4 Å². The van der Waals surface area contributed by atoms with Gasteiger partial charge in [0.25, 0.3) is 0 Å².